The summed E-state index contributed by atoms with van der Waals surface area (Å²) in [5, 5.41) is 4.83. The van der Waals surface area contributed by atoms with E-state index in [1.54, 1.807) is 24.3 Å². The number of carbonyl (C=O) groups excluding carboxylic acids is 3. The zero-order chi connectivity index (χ0) is 19.6. The maximum Gasteiger partial charge on any atom is 0.416 e. The van der Waals surface area contributed by atoms with Crippen molar-refractivity contribution in [2.24, 2.45) is 5.92 Å². The average molecular weight is 373 g/mol. The van der Waals surface area contributed by atoms with Gasteiger partial charge in [0.25, 0.3) is 11.5 Å². The number of aromatic nitrogens is 2. The van der Waals surface area contributed by atoms with E-state index in [4.69, 9.17) is 4.74 Å². The summed E-state index contributed by atoms with van der Waals surface area (Å²) in [5.74, 6) is -1.38. The van der Waals surface area contributed by atoms with Crippen LogP contribution in [0.5, 0.6) is 0 Å². The van der Waals surface area contributed by atoms with Gasteiger partial charge in [-0.2, -0.15) is 5.10 Å². The summed E-state index contributed by atoms with van der Waals surface area (Å²) in [6.07, 6.45) is -0.759. The van der Waals surface area contributed by atoms with Crippen molar-refractivity contribution in [3.63, 3.8) is 0 Å². The molecule has 9 heteroatoms. The standard InChI is InChI=1S/C18H19N3O6/c1-11(2)9-21-16(23)13-6-4-3-5-12(13)15(19-21)17(24)27-10-14(22)20-7-8-26-18(20)25/h3-6,11H,7-10H2,1-2H3. The van der Waals surface area contributed by atoms with Crippen LogP contribution in [0.25, 0.3) is 10.8 Å². The molecule has 27 heavy (non-hydrogen) atoms. The van der Waals surface area contributed by atoms with Crippen LogP contribution in [0.2, 0.25) is 0 Å². The molecule has 1 saturated heterocycles. The van der Waals surface area contributed by atoms with Crippen molar-refractivity contribution < 1.29 is 23.9 Å². The number of benzene rings is 1. The number of hydrogen-bond donors (Lipinski definition) is 0. The normalized spacial score (nSPS) is 13.9. The molecule has 142 valence electrons. The number of ether oxygens (including phenoxy) is 2. The largest absolute Gasteiger partial charge is 0.451 e. The zero-order valence-corrected chi connectivity index (χ0v) is 15.0. The number of esters is 1. The highest BCUT2D eigenvalue weighted by Gasteiger charge is 2.29. The molecule has 1 aliphatic heterocycles. The van der Waals surface area contributed by atoms with E-state index in [0.717, 1.165) is 4.90 Å². The van der Waals surface area contributed by atoms with Gasteiger partial charge in [-0.25, -0.2) is 19.2 Å². The predicted octanol–water partition coefficient (Wildman–Crippen LogP) is 1.19. The van der Waals surface area contributed by atoms with Gasteiger partial charge < -0.3 is 9.47 Å². The van der Waals surface area contributed by atoms with Crippen LogP contribution < -0.4 is 5.56 Å². The van der Waals surface area contributed by atoms with Crippen LogP contribution in [-0.2, 0) is 20.8 Å². The van der Waals surface area contributed by atoms with E-state index in [9.17, 15) is 19.2 Å². The van der Waals surface area contributed by atoms with Crippen LogP contribution in [0.4, 0.5) is 4.79 Å². The molecular formula is C18H19N3O6. The van der Waals surface area contributed by atoms with Crippen molar-refractivity contribution in [2.45, 2.75) is 20.4 Å². The predicted molar refractivity (Wildman–Crippen MR) is 94.2 cm³/mol. The second-order valence-corrected chi connectivity index (χ2v) is 6.51. The third-order valence-corrected chi connectivity index (χ3v) is 3.99. The van der Waals surface area contributed by atoms with Crippen molar-refractivity contribution in [1.29, 1.82) is 0 Å². The molecule has 3 rings (SSSR count). The fourth-order valence-electron chi connectivity index (χ4n) is 2.75. The van der Waals surface area contributed by atoms with E-state index in [1.165, 1.54) is 4.68 Å². The molecule has 0 saturated carbocycles. The third-order valence-electron chi connectivity index (χ3n) is 3.99. The van der Waals surface area contributed by atoms with Crippen molar-refractivity contribution in [3.8, 4) is 0 Å². The third kappa shape index (κ3) is 3.81. The van der Waals surface area contributed by atoms with E-state index < -0.39 is 24.6 Å². The van der Waals surface area contributed by atoms with Crippen LogP contribution in [0.1, 0.15) is 24.3 Å². The van der Waals surface area contributed by atoms with Crippen molar-refractivity contribution in [2.75, 3.05) is 19.8 Å². The van der Waals surface area contributed by atoms with Gasteiger partial charge >= 0.3 is 12.1 Å². The van der Waals surface area contributed by atoms with E-state index in [2.05, 4.69) is 9.84 Å². The van der Waals surface area contributed by atoms with Gasteiger partial charge in [0.2, 0.25) is 0 Å². The lowest BCUT2D eigenvalue weighted by Gasteiger charge is -2.13. The Balaban J connectivity index is 1.87. The molecule has 0 aliphatic carbocycles. The highest BCUT2D eigenvalue weighted by molar-refractivity contribution is 6.03. The number of imide groups is 1. The lowest BCUT2D eigenvalue weighted by molar-refractivity contribution is -0.131. The van der Waals surface area contributed by atoms with Crippen molar-refractivity contribution >= 4 is 28.7 Å². The first-order chi connectivity index (χ1) is 12.9. The van der Waals surface area contributed by atoms with E-state index in [1.807, 2.05) is 13.8 Å². The molecule has 0 bridgehead atoms. The molecule has 1 aliphatic rings. The van der Waals surface area contributed by atoms with Gasteiger partial charge in [0.15, 0.2) is 12.3 Å². The second kappa shape index (κ2) is 7.56. The summed E-state index contributed by atoms with van der Waals surface area (Å²) in [5.41, 5.74) is -0.352. The summed E-state index contributed by atoms with van der Waals surface area (Å²) in [7, 11) is 0. The van der Waals surface area contributed by atoms with Gasteiger partial charge in [-0.05, 0) is 12.0 Å². The number of nitrogens with zero attached hydrogens (tertiary/aromatic N) is 3. The van der Waals surface area contributed by atoms with Crippen LogP contribution in [0.15, 0.2) is 29.1 Å². The van der Waals surface area contributed by atoms with Crippen molar-refractivity contribution in [1.82, 2.24) is 14.7 Å². The van der Waals surface area contributed by atoms with Crippen LogP contribution in [0.3, 0.4) is 0 Å². The smallest absolute Gasteiger partial charge is 0.416 e. The maximum atomic E-state index is 12.6. The number of hydrogen-bond acceptors (Lipinski definition) is 7. The minimum Gasteiger partial charge on any atom is -0.451 e. The fraction of sp³-hybridized carbons (Fsp3) is 0.389. The Morgan fingerprint density at radius 1 is 1.22 bits per heavy atom. The molecule has 1 aromatic carbocycles. The lowest BCUT2D eigenvalue weighted by Crippen LogP contribution is -2.35. The summed E-state index contributed by atoms with van der Waals surface area (Å²) >= 11 is 0. The van der Waals surface area contributed by atoms with Gasteiger partial charge in [0.1, 0.15) is 6.61 Å². The highest BCUT2D eigenvalue weighted by Crippen LogP contribution is 2.15. The Hall–Kier alpha value is -3.23. The van der Waals surface area contributed by atoms with Crippen molar-refractivity contribution in [3.05, 3.63) is 40.3 Å². The van der Waals surface area contributed by atoms with Gasteiger partial charge in [-0.3, -0.25) is 9.59 Å². The number of cyclic esters (lactones) is 1. The molecule has 1 fully saturated rings. The van der Waals surface area contributed by atoms with Gasteiger partial charge in [-0.15, -0.1) is 0 Å². The Bertz CT molecular complexity index is 965. The summed E-state index contributed by atoms with van der Waals surface area (Å²) in [4.78, 5) is 49.3. The Labute approximate surface area is 154 Å². The minimum atomic E-state index is -0.843. The molecule has 0 N–H and O–H groups in total. The molecule has 0 unspecified atom stereocenters. The molecule has 0 spiro atoms. The SMILES string of the molecule is CC(C)Cn1nc(C(=O)OCC(=O)N2CCOC2=O)c2ccccc2c1=O. The maximum absolute atomic E-state index is 12.6. The first-order valence-electron chi connectivity index (χ1n) is 8.52. The first kappa shape index (κ1) is 18.6. The first-order valence-corrected chi connectivity index (χ1v) is 8.52. The monoisotopic (exact) mass is 373 g/mol. The summed E-state index contributed by atoms with van der Waals surface area (Å²) in [6.45, 7) is 3.81. The van der Waals surface area contributed by atoms with Gasteiger partial charge in [-0.1, -0.05) is 32.0 Å². The molecule has 1 aromatic heterocycles. The average Bonchev–Trinajstić information content (AvgIpc) is 3.07. The topological polar surface area (TPSA) is 108 Å². The number of carbonyl (C=O) groups is 3. The Kier molecular flexibility index (Phi) is 5.20. The lowest BCUT2D eigenvalue weighted by atomic mass is 10.1. The summed E-state index contributed by atoms with van der Waals surface area (Å²) < 4.78 is 10.9. The zero-order valence-electron chi connectivity index (χ0n) is 15.0. The molecule has 2 aromatic rings. The fourth-order valence-corrected chi connectivity index (χ4v) is 2.75. The Morgan fingerprint density at radius 3 is 2.56 bits per heavy atom. The summed E-state index contributed by atoms with van der Waals surface area (Å²) in [6, 6.07) is 6.58. The van der Waals surface area contributed by atoms with Crippen LogP contribution >= 0.6 is 0 Å². The second-order valence-electron chi connectivity index (χ2n) is 6.51. The minimum absolute atomic E-state index is 0.0531. The molecule has 9 nitrogen and oxygen atoms in total. The number of rotatable bonds is 5. The van der Waals surface area contributed by atoms with Crippen LogP contribution in [-0.4, -0.2) is 52.4 Å². The number of fused-ring (bicyclic) bond motifs is 1. The van der Waals surface area contributed by atoms with E-state index in [-0.39, 0.29) is 30.3 Å². The molecule has 2 amide bonds. The highest BCUT2D eigenvalue weighted by atomic mass is 16.6. The van der Waals surface area contributed by atoms with E-state index >= 15 is 0 Å². The van der Waals surface area contributed by atoms with Crippen LogP contribution in [0, 0.1) is 5.92 Å². The van der Waals surface area contributed by atoms with Gasteiger partial charge in [0, 0.05) is 11.9 Å². The number of amides is 2. The van der Waals surface area contributed by atoms with E-state index in [0.29, 0.717) is 17.3 Å². The molecule has 0 radical (unpaired) electrons. The van der Waals surface area contributed by atoms with Gasteiger partial charge in [0.05, 0.1) is 11.9 Å². The Morgan fingerprint density at radius 2 is 1.93 bits per heavy atom. The quantitative estimate of drug-likeness (QED) is 0.724. The molecule has 0 atom stereocenters. The molecular weight excluding hydrogens is 354 g/mol. The molecule has 2 heterocycles.